The Morgan fingerprint density at radius 3 is 2.31 bits per heavy atom. The predicted molar refractivity (Wildman–Crippen MR) is 119 cm³/mol. The van der Waals surface area contributed by atoms with Crippen LogP contribution in [0.4, 0.5) is 5.69 Å². The van der Waals surface area contributed by atoms with Gasteiger partial charge in [0.05, 0.1) is 20.4 Å². The van der Waals surface area contributed by atoms with Crippen molar-refractivity contribution in [3.63, 3.8) is 0 Å². The molecule has 0 aliphatic heterocycles. The molecule has 0 bridgehead atoms. The van der Waals surface area contributed by atoms with Crippen LogP contribution < -0.4 is 30.3 Å². The van der Waals surface area contributed by atoms with Gasteiger partial charge in [-0.25, -0.2) is 5.43 Å². The molecule has 3 amide bonds. The van der Waals surface area contributed by atoms with Crippen molar-refractivity contribution < 1.29 is 28.6 Å². The van der Waals surface area contributed by atoms with Gasteiger partial charge in [-0.05, 0) is 61.9 Å². The Morgan fingerprint density at radius 1 is 0.969 bits per heavy atom. The SMILES string of the molecule is COc1ccc(NC(=O)COc2ccc(/C=N\NC(=O)C(=O)NC(C)C)cc2OC)cc1. The number of methoxy groups -OCH3 is 2. The van der Waals surface area contributed by atoms with Crippen LogP contribution in [-0.2, 0) is 14.4 Å². The molecule has 0 saturated carbocycles. The van der Waals surface area contributed by atoms with E-state index < -0.39 is 11.8 Å². The molecule has 2 rings (SSSR count). The fourth-order valence-corrected chi connectivity index (χ4v) is 2.44. The van der Waals surface area contributed by atoms with Crippen molar-refractivity contribution in [3.05, 3.63) is 48.0 Å². The van der Waals surface area contributed by atoms with Crippen LogP contribution in [0.3, 0.4) is 0 Å². The average molecular weight is 442 g/mol. The first-order valence-electron chi connectivity index (χ1n) is 9.71. The van der Waals surface area contributed by atoms with Gasteiger partial charge in [0, 0.05) is 11.7 Å². The normalized spacial score (nSPS) is 10.5. The van der Waals surface area contributed by atoms with E-state index >= 15 is 0 Å². The van der Waals surface area contributed by atoms with Gasteiger partial charge in [0.1, 0.15) is 5.75 Å². The van der Waals surface area contributed by atoms with Gasteiger partial charge in [0.15, 0.2) is 18.1 Å². The topological polar surface area (TPSA) is 127 Å². The molecule has 0 fully saturated rings. The molecule has 3 N–H and O–H groups in total. The molecule has 0 aliphatic rings. The minimum absolute atomic E-state index is 0.160. The van der Waals surface area contributed by atoms with E-state index in [2.05, 4.69) is 21.2 Å². The van der Waals surface area contributed by atoms with Crippen molar-refractivity contribution in [3.8, 4) is 17.2 Å². The van der Waals surface area contributed by atoms with Crippen molar-refractivity contribution in [2.75, 3.05) is 26.1 Å². The second-order valence-electron chi connectivity index (χ2n) is 6.80. The third-order valence-electron chi connectivity index (χ3n) is 3.93. The van der Waals surface area contributed by atoms with Gasteiger partial charge >= 0.3 is 11.8 Å². The van der Waals surface area contributed by atoms with E-state index in [-0.39, 0.29) is 18.6 Å². The maximum absolute atomic E-state index is 12.1. The van der Waals surface area contributed by atoms with Gasteiger partial charge in [-0.1, -0.05) is 0 Å². The molecule has 10 nitrogen and oxygen atoms in total. The number of benzene rings is 2. The minimum atomic E-state index is -0.871. The molecule has 10 heteroatoms. The quantitative estimate of drug-likeness (QED) is 0.308. The lowest BCUT2D eigenvalue weighted by atomic mass is 10.2. The molecule has 0 heterocycles. The van der Waals surface area contributed by atoms with Crippen LogP contribution in [-0.4, -0.2) is 50.8 Å². The summed E-state index contributed by atoms with van der Waals surface area (Å²) in [5.41, 5.74) is 3.34. The Balaban J connectivity index is 1.91. The fourth-order valence-electron chi connectivity index (χ4n) is 2.44. The first-order valence-corrected chi connectivity index (χ1v) is 9.71. The highest BCUT2D eigenvalue weighted by molar-refractivity contribution is 6.35. The smallest absolute Gasteiger partial charge is 0.329 e. The maximum Gasteiger partial charge on any atom is 0.329 e. The largest absolute Gasteiger partial charge is 0.497 e. The van der Waals surface area contributed by atoms with E-state index in [0.717, 1.165) is 0 Å². The van der Waals surface area contributed by atoms with Crippen LogP contribution in [0.15, 0.2) is 47.6 Å². The summed E-state index contributed by atoms with van der Waals surface area (Å²) in [6.45, 7) is 3.26. The number of rotatable bonds is 9. The minimum Gasteiger partial charge on any atom is -0.497 e. The molecule has 0 unspecified atom stereocenters. The Morgan fingerprint density at radius 2 is 1.69 bits per heavy atom. The third kappa shape index (κ3) is 7.63. The predicted octanol–water partition coefficient (Wildman–Crippen LogP) is 1.70. The number of hydrogen-bond acceptors (Lipinski definition) is 7. The van der Waals surface area contributed by atoms with Crippen LogP contribution in [0.25, 0.3) is 0 Å². The Kier molecular flexibility index (Phi) is 9.03. The summed E-state index contributed by atoms with van der Waals surface area (Å²) in [5, 5.41) is 8.93. The van der Waals surface area contributed by atoms with Gasteiger partial charge < -0.3 is 24.8 Å². The van der Waals surface area contributed by atoms with E-state index in [1.807, 2.05) is 0 Å². The molecule has 0 radical (unpaired) electrons. The number of nitrogens with zero attached hydrogens (tertiary/aromatic N) is 1. The highest BCUT2D eigenvalue weighted by Crippen LogP contribution is 2.27. The van der Waals surface area contributed by atoms with Gasteiger partial charge in [0.25, 0.3) is 5.91 Å². The first-order chi connectivity index (χ1) is 15.3. The zero-order chi connectivity index (χ0) is 23.5. The van der Waals surface area contributed by atoms with Gasteiger partial charge in [0.2, 0.25) is 0 Å². The molecule has 0 aliphatic carbocycles. The maximum atomic E-state index is 12.1. The molecule has 0 saturated heterocycles. The van der Waals surface area contributed by atoms with E-state index in [4.69, 9.17) is 14.2 Å². The van der Waals surface area contributed by atoms with Crippen LogP contribution >= 0.6 is 0 Å². The molecule has 0 spiro atoms. The number of ether oxygens (including phenoxy) is 3. The Bertz CT molecular complexity index is 973. The Hall–Kier alpha value is -4.08. The van der Waals surface area contributed by atoms with Crippen LogP contribution in [0, 0.1) is 0 Å². The highest BCUT2D eigenvalue weighted by atomic mass is 16.5. The lowest BCUT2D eigenvalue weighted by Gasteiger charge is -2.11. The monoisotopic (exact) mass is 442 g/mol. The van der Waals surface area contributed by atoms with E-state index in [9.17, 15) is 14.4 Å². The van der Waals surface area contributed by atoms with Gasteiger partial charge in [-0.15, -0.1) is 0 Å². The number of hydrogen-bond donors (Lipinski definition) is 3. The summed E-state index contributed by atoms with van der Waals surface area (Å²) < 4.78 is 15.9. The zero-order valence-corrected chi connectivity index (χ0v) is 18.3. The molecule has 0 aromatic heterocycles. The third-order valence-corrected chi connectivity index (χ3v) is 3.93. The number of nitrogens with one attached hydrogen (secondary N) is 3. The van der Waals surface area contributed by atoms with Crippen LogP contribution in [0.1, 0.15) is 19.4 Å². The number of amides is 3. The summed E-state index contributed by atoms with van der Waals surface area (Å²) >= 11 is 0. The molecule has 32 heavy (non-hydrogen) atoms. The molecule has 2 aromatic carbocycles. The second-order valence-corrected chi connectivity index (χ2v) is 6.80. The van der Waals surface area contributed by atoms with E-state index in [1.54, 1.807) is 63.4 Å². The summed E-state index contributed by atoms with van der Waals surface area (Å²) in [6.07, 6.45) is 1.35. The summed E-state index contributed by atoms with van der Waals surface area (Å²) in [7, 11) is 3.02. The van der Waals surface area contributed by atoms with Crippen LogP contribution in [0.2, 0.25) is 0 Å². The summed E-state index contributed by atoms with van der Waals surface area (Å²) in [4.78, 5) is 35.3. The standard InChI is InChI=1S/C22H26N4O6/c1-14(2)24-21(28)22(29)26-23-12-15-5-10-18(19(11-15)31-4)32-13-20(27)25-16-6-8-17(30-3)9-7-16/h5-12,14H,13H2,1-4H3,(H,24,28)(H,25,27)(H,26,29)/b23-12-. The Labute approximate surface area is 185 Å². The average Bonchev–Trinajstić information content (AvgIpc) is 2.78. The van der Waals surface area contributed by atoms with E-state index in [0.29, 0.717) is 28.5 Å². The van der Waals surface area contributed by atoms with Crippen molar-refractivity contribution >= 4 is 29.6 Å². The molecular weight excluding hydrogens is 416 g/mol. The number of carbonyl (C=O) groups excluding carboxylic acids is 3. The number of carbonyl (C=O) groups is 3. The molecule has 2 aromatic rings. The van der Waals surface area contributed by atoms with E-state index in [1.165, 1.54) is 13.3 Å². The second kappa shape index (κ2) is 11.9. The van der Waals surface area contributed by atoms with Crippen molar-refractivity contribution in [2.45, 2.75) is 19.9 Å². The zero-order valence-electron chi connectivity index (χ0n) is 18.3. The lowest BCUT2D eigenvalue weighted by molar-refractivity contribution is -0.139. The molecule has 170 valence electrons. The van der Waals surface area contributed by atoms with Gasteiger partial charge in [-0.3, -0.25) is 14.4 Å². The molecular formula is C22H26N4O6. The van der Waals surface area contributed by atoms with Gasteiger partial charge in [-0.2, -0.15) is 5.10 Å². The number of anilines is 1. The first kappa shape index (κ1) is 24.2. The lowest BCUT2D eigenvalue weighted by Crippen LogP contribution is -2.41. The molecule has 0 atom stereocenters. The highest BCUT2D eigenvalue weighted by Gasteiger charge is 2.13. The summed E-state index contributed by atoms with van der Waals surface area (Å²) in [6, 6.07) is 11.6. The summed E-state index contributed by atoms with van der Waals surface area (Å²) in [5.74, 6) is -0.572. The van der Waals surface area contributed by atoms with Crippen LogP contribution in [0.5, 0.6) is 17.2 Å². The van der Waals surface area contributed by atoms with Crippen molar-refractivity contribution in [2.24, 2.45) is 5.10 Å². The van der Waals surface area contributed by atoms with Crippen molar-refractivity contribution in [1.29, 1.82) is 0 Å². The van der Waals surface area contributed by atoms with Crippen molar-refractivity contribution in [1.82, 2.24) is 10.7 Å². The fraction of sp³-hybridized carbons (Fsp3) is 0.273. The number of hydrazone groups is 1.